The molecule has 3 heterocycles. The maximum atomic E-state index is 13.2. The largest absolute Gasteiger partial charge is 0.390 e. The minimum absolute atomic E-state index is 0.142. The maximum absolute atomic E-state index is 13.2. The van der Waals surface area contributed by atoms with E-state index in [-0.39, 0.29) is 11.7 Å². The first-order chi connectivity index (χ1) is 11.1. The minimum Gasteiger partial charge on any atom is -0.390 e. The zero-order valence-electron chi connectivity index (χ0n) is 13.1. The fourth-order valence-corrected chi connectivity index (χ4v) is 3.23. The van der Waals surface area contributed by atoms with Gasteiger partial charge in [0, 0.05) is 45.3 Å². The van der Waals surface area contributed by atoms with Crippen molar-refractivity contribution in [3.63, 3.8) is 0 Å². The molecule has 0 bridgehead atoms. The third-order valence-corrected chi connectivity index (χ3v) is 4.44. The highest BCUT2D eigenvalue weighted by Crippen LogP contribution is 2.22. The van der Waals surface area contributed by atoms with Gasteiger partial charge in [-0.05, 0) is 30.0 Å². The molecule has 1 aromatic heterocycles. The van der Waals surface area contributed by atoms with E-state index < -0.39 is 6.10 Å². The number of amides is 1. The Balaban J connectivity index is 1.51. The Hall–Kier alpha value is -1.79. The molecule has 1 atom stereocenters. The molecule has 0 radical (unpaired) electrons. The van der Waals surface area contributed by atoms with E-state index in [0.29, 0.717) is 19.5 Å². The molecule has 1 N–H and O–H groups in total. The zero-order valence-corrected chi connectivity index (χ0v) is 13.1. The molecule has 0 saturated carbocycles. The van der Waals surface area contributed by atoms with E-state index in [9.17, 15) is 14.3 Å². The second kappa shape index (κ2) is 7.19. The molecule has 0 aliphatic carbocycles. The average Bonchev–Trinajstić information content (AvgIpc) is 2.93. The molecule has 2 aliphatic rings. The van der Waals surface area contributed by atoms with Crippen LogP contribution in [0.2, 0.25) is 0 Å². The molecule has 1 amide bonds. The van der Waals surface area contributed by atoms with Gasteiger partial charge in [-0.1, -0.05) is 6.08 Å². The summed E-state index contributed by atoms with van der Waals surface area (Å²) >= 11 is 0. The lowest BCUT2D eigenvalue weighted by Gasteiger charge is -2.29. The molecule has 2 aliphatic heterocycles. The van der Waals surface area contributed by atoms with Gasteiger partial charge in [0.25, 0.3) is 0 Å². The summed E-state index contributed by atoms with van der Waals surface area (Å²) in [5, 5.41) is 10.2. The van der Waals surface area contributed by atoms with E-state index in [2.05, 4.69) is 16.0 Å². The van der Waals surface area contributed by atoms with E-state index in [1.165, 1.54) is 12.3 Å². The van der Waals surface area contributed by atoms with E-state index in [1.807, 2.05) is 0 Å². The van der Waals surface area contributed by atoms with Crippen LogP contribution in [0.5, 0.6) is 0 Å². The number of β-amino-alcohol motifs (C(OH)–C–C–N with tert-alkyl or cyclic N) is 1. The molecular weight excluding hydrogens is 297 g/mol. The first-order valence-corrected chi connectivity index (χ1v) is 8.10. The number of likely N-dealkylation sites (tertiary alicyclic amines) is 1. The first kappa shape index (κ1) is 16.1. The topological polar surface area (TPSA) is 56.7 Å². The third-order valence-electron chi connectivity index (χ3n) is 4.44. The van der Waals surface area contributed by atoms with Crippen molar-refractivity contribution in [3.05, 3.63) is 35.9 Å². The average molecular weight is 319 g/mol. The predicted octanol–water partition coefficient (Wildman–Crippen LogP) is 1.29. The quantitative estimate of drug-likeness (QED) is 0.889. The smallest absolute Gasteiger partial charge is 0.222 e. The van der Waals surface area contributed by atoms with E-state index in [0.717, 1.165) is 43.6 Å². The van der Waals surface area contributed by atoms with Crippen molar-refractivity contribution < 1.29 is 14.3 Å². The molecular formula is C17H22FN3O2. The summed E-state index contributed by atoms with van der Waals surface area (Å²) in [5.41, 5.74) is 1.92. The summed E-state index contributed by atoms with van der Waals surface area (Å²) < 4.78 is 13.2. The van der Waals surface area contributed by atoms with Crippen molar-refractivity contribution in [2.75, 3.05) is 32.7 Å². The number of halogens is 1. The predicted molar refractivity (Wildman–Crippen MR) is 85.0 cm³/mol. The molecule has 6 heteroatoms. The lowest BCUT2D eigenvalue weighted by atomic mass is 10.0. The molecule has 124 valence electrons. The van der Waals surface area contributed by atoms with Gasteiger partial charge in [-0.2, -0.15) is 0 Å². The molecule has 0 aromatic carbocycles. The van der Waals surface area contributed by atoms with Crippen LogP contribution >= 0.6 is 0 Å². The number of hydrogen-bond donors (Lipinski definition) is 1. The van der Waals surface area contributed by atoms with Gasteiger partial charge in [-0.25, -0.2) is 4.39 Å². The normalized spacial score (nSPS) is 20.7. The van der Waals surface area contributed by atoms with Gasteiger partial charge in [-0.3, -0.25) is 14.7 Å². The summed E-state index contributed by atoms with van der Waals surface area (Å²) in [5.74, 6) is -0.181. The van der Waals surface area contributed by atoms with Crippen LogP contribution in [-0.4, -0.2) is 64.6 Å². The number of aliphatic hydroxyl groups is 1. The molecule has 5 nitrogen and oxygen atoms in total. The molecule has 0 spiro atoms. The fraction of sp³-hybridized carbons (Fsp3) is 0.529. The number of nitrogens with zero attached hydrogens (tertiary/aromatic N) is 3. The van der Waals surface area contributed by atoms with Crippen LogP contribution in [0.4, 0.5) is 4.39 Å². The number of rotatable bonds is 5. The number of aliphatic hydroxyl groups excluding tert-OH is 1. The van der Waals surface area contributed by atoms with Crippen molar-refractivity contribution in [1.82, 2.24) is 14.8 Å². The highest BCUT2D eigenvalue weighted by atomic mass is 19.1. The lowest BCUT2D eigenvalue weighted by Crippen LogP contribution is -2.42. The van der Waals surface area contributed by atoms with Crippen LogP contribution in [0.3, 0.4) is 0 Å². The Kier molecular flexibility index (Phi) is 5.03. The van der Waals surface area contributed by atoms with Crippen LogP contribution in [-0.2, 0) is 4.79 Å². The number of pyridine rings is 1. The minimum atomic E-state index is -0.525. The summed E-state index contributed by atoms with van der Waals surface area (Å²) in [6, 6.07) is 1.50. The highest BCUT2D eigenvalue weighted by molar-refractivity contribution is 5.78. The van der Waals surface area contributed by atoms with Crippen LogP contribution < -0.4 is 0 Å². The summed E-state index contributed by atoms with van der Waals surface area (Å²) in [6.07, 6.45) is 6.72. The Morgan fingerprint density at radius 1 is 1.26 bits per heavy atom. The van der Waals surface area contributed by atoms with E-state index >= 15 is 0 Å². The molecule has 3 rings (SSSR count). The van der Waals surface area contributed by atoms with Gasteiger partial charge in [-0.15, -0.1) is 0 Å². The molecule has 23 heavy (non-hydrogen) atoms. The Labute approximate surface area is 135 Å². The third kappa shape index (κ3) is 4.14. The SMILES string of the molecule is O=C1CCCN1CC(O)CN1CC=C(c2cncc(F)c2)CC1. The van der Waals surface area contributed by atoms with E-state index in [4.69, 9.17) is 0 Å². The van der Waals surface area contributed by atoms with Gasteiger partial charge < -0.3 is 10.0 Å². The number of aromatic nitrogens is 1. The van der Waals surface area contributed by atoms with Crippen LogP contribution in [0.1, 0.15) is 24.8 Å². The first-order valence-electron chi connectivity index (χ1n) is 8.10. The second-order valence-electron chi connectivity index (χ2n) is 6.23. The van der Waals surface area contributed by atoms with Crippen LogP contribution in [0, 0.1) is 5.82 Å². The highest BCUT2D eigenvalue weighted by Gasteiger charge is 2.24. The van der Waals surface area contributed by atoms with Crippen molar-refractivity contribution >= 4 is 11.5 Å². The fourth-order valence-electron chi connectivity index (χ4n) is 3.23. The van der Waals surface area contributed by atoms with Crippen molar-refractivity contribution in [2.45, 2.75) is 25.4 Å². The lowest BCUT2D eigenvalue weighted by molar-refractivity contribution is -0.129. The van der Waals surface area contributed by atoms with Gasteiger partial charge in [0.2, 0.25) is 5.91 Å². The van der Waals surface area contributed by atoms with Crippen molar-refractivity contribution in [3.8, 4) is 0 Å². The second-order valence-corrected chi connectivity index (χ2v) is 6.23. The standard InChI is InChI=1S/C17H22FN3O2/c18-15-8-14(9-19-10-15)13-3-6-20(7-4-13)11-16(22)12-21-5-1-2-17(21)23/h3,8-10,16,22H,1-2,4-7,11-12H2. The number of hydrogen-bond acceptors (Lipinski definition) is 4. The van der Waals surface area contributed by atoms with Crippen molar-refractivity contribution in [2.24, 2.45) is 0 Å². The van der Waals surface area contributed by atoms with Crippen LogP contribution in [0.25, 0.3) is 5.57 Å². The van der Waals surface area contributed by atoms with E-state index in [1.54, 1.807) is 11.1 Å². The molecule has 1 fully saturated rings. The Morgan fingerprint density at radius 2 is 2.13 bits per heavy atom. The maximum Gasteiger partial charge on any atom is 0.222 e. The van der Waals surface area contributed by atoms with Gasteiger partial charge in [0.05, 0.1) is 12.3 Å². The van der Waals surface area contributed by atoms with Crippen LogP contribution in [0.15, 0.2) is 24.5 Å². The monoisotopic (exact) mass is 319 g/mol. The number of carbonyl (C=O) groups excluding carboxylic acids is 1. The Bertz CT molecular complexity index is 605. The number of carbonyl (C=O) groups is 1. The van der Waals surface area contributed by atoms with Gasteiger partial charge >= 0.3 is 0 Å². The summed E-state index contributed by atoms with van der Waals surface area (Å²) in [4.78, 5) is 19.4. The molecule has 1 unspecified atom stereocenters. The van der Waals surface area contributed by atoms with Crippen molar-refractivity contribution in [1.29, 1.82) is 0 Å². The summed E-state index contributed by atoms with van der Waals surface area (Å²) in [7, 11) is 0. The molecule has 1 aromatic rings. The molecule has 1 saturated heterocycles. The van der Waals surface area contributed by atoms with Gasteiger partial charge in [0.1, 0.15) is 5.82 Å². The summed E-state index contributed by atoms with van der Waals surface area (Å²) in [6.45, 7) is 3.26. The van der Waals surface area contributed by atoms with Gasteiger partial charge in [0.15, 0.2) is 0 Å². The zero-order chi connectivity index (χ0) is 16.2. The Morgan fingerprint density at radius 3 is 2.78 bits per heavy atom.